The van der Waals surface area contributed by atoms with Crippen molar-refractivity contribution < 1.29 is 0 Å². The molecule has 2 rings (SSSR count). The van der Waals surface area contributed by atoms with Crippen LogP contribution in [-0.4, -0.2) is 20.6 Å². The minimum absolute atomic E-state index is 0.631. The molecule has 1 N–H and O–H groups in total. The molecule has 0 amide bonds. The molecule has 1 aromatic rings. The molecule has 0 radical (unpaired) electrons. The zero-order valence-electron chi connectivity index (χ0n) is 12.7. The molecule has 1 aliphatic carbocycles. The Kier molecular flexibility index (Phi) is 4.33. The van der Waals surface area contributed by atoms with Crippen molar-refractivity contribution in [2.45, 2.75) is 46.0 Å². The van der Waals surface area contributed by atoms with E-state index >= 15 is 0 Å². The Hall–Kier alpha value is -1.25. The van der Waals surface area contributed by atoms with Crippen molar-refractivity contribution >= 4 is 19.0 Å². The molecule has 0 aromatic heterocycles. The van der Waals surface area contributed by atoms with E-state index in [1.807, 2.05) is 7.05 Å². The zero-order chi connectivity index (χ0) is 13.9. The number of nitrogens with zero attached hydrogens (tertiary/aromatic N) is 1. The largest absolute Gasteiger partial charge is 0.313 e. The lowest BCUT2D eigenvalue weighted by Crippen LogP contribution is -2.14. The number of hydrogen-bond donors (Lipinski definition) is 1. The predicted octanol–water partition coefficient (Wildman–Crippen LogP) is 2.15. The molecule has 0 unspecified atom stereocenters. The lowest BCUT2D eigenvalue weighted by Gasteiger charge is -2.15. The summed E-state index contributed by atoms with van der Waals surface area (Å²) in [4.78, 5) is 0. The van der Waals surface area contributed by atoms with E-state index in [0.717, 1.165) is 6.42 Å². The normalized spacial score (nSPS) is 17.3. The Morgan fingerprint density at radius 3 is 2.74 bits per heavy atom. The van der Waals surface area contributed by atoms with Crippen molar-refractivity contribution in [3.8, 4) is 0 Å². The van der Waals surface area contributed by atoms with E-state index in [2.05, 4.69) is 50.4 Å². The lowest BCUT2D eigenvalue weighted by atomic mass is 9.88. The fraction of sp³-hybridized carbons (Fsp3) is 0.562. The van der Waals surface area contributed by atoms with E-state index in [1.54, 1.807) is 0 Å². The van der Waals surface area contributed by atoms with Gasteiger partial charge in [-0.05, 0) is 43.6 Å². The SMILES string of the molecule is Bc1ccc(C)c(/C(CCC2(CC)CC2)=N\NC)c1. The minimum Gasteiger partial charge on any atom is -0.313 e. The van der Waals surface area contributed by atoms with Crippen LogP contribution in [0.15, 0.2) is 23.3 Å². The van der Waals surface area contributed by atoms with E-state index in [0.29, 0.717) is 5.41 Å². The molecule has 0 atom stereocenters. The molecule has 3 heteroatoms. The summed E-state index contributed by atoms with van der Waals surface area (Å²) in [6.07, 6.45) is 6.48. The molecule has 0 heterocycles. The van der Waals surface area contributed by atoms with Crippen LogP contribution in [0.25, 0.3) is 0 Å². The Morgan fingerprint density at radius 1 is 1.42 bits per heavy atom. The third kappa shape index (κ3) is 3.40. The first-order valence-electron chi connectivity index (χ1n) is 7.41. The fourth-order valence-corrected chi connectivity index (χ4v) is 2.77. The zero-order valence-corrected chi connectivity index (χ0v) is 12.7. The highest BCUT2D eigenvalue weighted by molar-refractivity contribution is 6.32. The number of nitrogens with one attached hydrogen (secondary N) is 1. The molecule has 1 fully saturated rings. The third-order valence-electron chi connectivity index (χ3n) is 4.55. The van der Waals surface area contributed by atoms with Gasteiger partial charge in [0.05, 0.1) is 5.71 Å². The summed E-state index contributed by atoms with van der Waals surface area (Å²) in [7, 11) is 4.03. The summed E-state index contributed by atoms with van der Waals surface area (Å²) in [6.45, 7) is 4.49. The second-order valence-corrected chi connectivity index (χ2v) is 5.95. The van der Waals surface area contributed by atoms with Gasteiger partial charge >= 0.3 is 0 Å². The van der Waals surface area contributed by atoms with E-state index in [-0.39, 0.29) is 0 Å². The van der Waals surface area contributed by atoms with Crippen LogP contribution in [0.4, 0.5) is 0 Å². The second kappa shape index (κ2) is 5.81. The lowest BCUT2D eigenvalue weighted by molar-refractivity contribution is 0.459. The molecular weight excluding hydrogens is 231 g/mol. The summed E-state index contributed by atoms with van der Waals surface area (Å²) < 4.78 is 0. The van der Waals surface area contributed by atoms with Crippen LogP contribution >= 0.6 is 0 Å². The van der Waals surface area contributed by atoms with Gasteiger partial charge in [-0.25, -0.2) is 0 Å². The summed E-state index contributed by atoms with van der Waals surface area (Å²) in [6, 6.07) is 6.63. The van der Waals surface area contributed by atoms with E-state index in [1.165, 1.54) is 48.0 Å². The highest BCUT2D eigenvalue weighted by Crippen LogP contribution is 2.52. The van der Waals surface area contributed by atoms with Crippen molar-refractivity contribution in [3.63, 3.8) is 0 Å². The van der Waals surface area contributed by atoms with E-state index in [9.17, 15) is 0 Å². The van der Waals surface area contributed by atoms with Gasteiger partial charge in [0.1, 0.15) is 7.85 Å². The fourth-order valence-electron chi connectivity index (χ4n) is 2.77. The Labute approximate surface area is 118 Å². The molecule has 0 bridgehead atoms. The quantitative estimate of drug-likeness (QED) is 0.470. The Morgan fingerprint density at radius 2 is 2.16 bits per heavy atom. The van der Waals surface area contributed by atoms with Crippen LogP contribution in [0.1, 0.15) is 50.2 Å². The molecule has 1 aliphatic rings. The number of hydrogen-bond acceptors (Lipinski definition) is 2. The topological polar surface area (TPSA) is 24.4 Å². The van der Waals surface area contributed by atoms with Crippen molar-refractivity contribution in [2.75, 3.05) is 7.05 Å². The average molecular weight is 256 g/mol. The molecule has 0 saturated heterocycles. The molecule has 0 spiro atoms. The van der Waals surface area contributed by atoms with Crippen molar-refractivity contribution in [1.82, 2.24) is 5.43 Å². The predicted molar refractivity (Wildman–Crippen MR) is 86.1 cm³/mol. The van der Waals surface area contributed by atoms with Crippen molar-refractivity contribution in [2.24, 2.45) is 10.5 Å². The highest BCUT2D eigenvalue weighted by atomic mass is 15.3. The van der Waals surface area contributed by atoms with Gasteiger partial charge in [-0.2, -0.15) is 5.10 Å². The number of hydrazone groups is 1. The summed E-state index contributed by atoms with van der Waals surface area (Å²) in [5.41, 5.74) is 8.75. The molecule has 1 aromatic carbocycles. The van der Waals surface area contributed by atoms with Crippen LogP contribution in [0.3, 0.4) is 0 Å². The summed E-state index contributed by atoms with van der Waals surface area (Å²) in [5.74, 6) is 0. The summed E-state index contributed by atoms with van der Waals surface area (Å²) >= 11 is 0. The van der Waals surface area contributed by atoms with Crippen LogP contribution < -0.4 is 10.9 Å². The van der Waals surface area contributed by atoms with Gasteiger partial charge in [-0.1, -0.05) is 37.0 Å². The standard InChI is InChI=1S/C16H25BN2/c1-4-16(9-10-16)8-7-15(19-18-3)14-11-13(17)6-5-12(14)2/h5-6,11,18H,4,7-10,17H2,1-3H3/b19-15-. The molecule has 1 saturated carbocycles. The molecular formula is C16H25BN2. The van der Waals surface area contributed by atoms with Crippen LogP contribution in [-0.2, 0) is 0 Å². The van der Waals surface area contributed by atoms with Gasteiger partial charge in [0.15, 0.2) is 0 Å². The molecule has 19 heavy (non-hydrogen) atoms. The smallest absolute Gasteiger partial charge is 0.139 e. The van der Waals surface area contributed by atoms with Crippen LogP contribution in [0.2, 0.25) is 0 Å². The number of aryl methyl sites for hydroxylation is 1. The Bertz CT molecular complexity index is 476. The third-order valence-corrected chi connectivity index (χ3v) is 4.55. The first-order valence-corrected chi connectivity index (χ1v) is 7.41. The monoisotopic (exact) mass is 256 g/mol. The summed E-state index contributed by atoms with van der Waals surface area (Å²) in [5, 5.41) is 4.53. The maximum atomic E-state index is 4.53. The van der Waals surface area contributed by atoms with Gasteiger partial charge < -0.3 is 5.43 Å². The first kappa shape index (κ1) is 14.2. The van der Waals surface area contributed by atoms with Crippen LogP contribution in [0, 0.1) is 12.3 Å². The van der Waals surface area contributed by atoms with Gasteiger partial charge in [0.2, 0.25) is 0 Å². The van der Waals surface area contributed by atoms with Gasteiger partial charge in [0, 0.05) is 12.6 Å². The van der Waals surface area contributed by atoms with Gasteiger partial charge in [0.25, 0.3) is 0 Å². The van der Waals surface area contributed by atoms with E-state index in [4.69, 9.17) is 0 Å². The Balaban J connectivity index is 2.16. The van der Waals surface area contributed by atoms with Crippen molar-refractivity contribution in [1.29, 1.82) is 0 Å². The van der Waals surface area contributed by atoms with Gasteiger partial charge in [-0.15, -0.1) is 0 Å². The average Bonchev–Trinajstić information content (AvgIpc) is 3.18. The minimum atomic E-state index is 0.631. The molecule has 2 nitrogen and oxygen atoms in total. The number of benzene rings is 1. The molecule has 0 aliphatic heterocycles. The highest BCUT2D eigenvalue weighted by Gasteiger charge is 2.40. The number of rotatable bonds is 6. The molecule has 102 valence electrons. The first-order chi connectivity index (χ1) is 9.10. The maximum Gasteiger partial charge on any atom is 0.139 e. The second-order valence-electron chi connectivity index (χ2n) is 5.95. The van der Waals surface area contributed by atoms with E-state index < -0.39 is 0 Å². The van der Waals surface area contributed by atoms with Crippen LogP contribution in [0.5, 0.6) is 0 Å². The van der Waals surface area contributed by atoms with Gasteiger partial charge in [-0.3, -0.25) is 0 Å². The maximum absolute atomic E-state index is 4.53. The van der Waals surface area contributed by atoms with Crippen molar-refractivity contribution in [3.05, 3.63) is 29.3 Å².